The molecule has 0 spiro atoms. The van der Waals surface area contributed by atoms with Crippen LogP contribution in [-0.2, 0) is 4.74 Å². The smallest absolute Gasteiger partial charge is 0.146 e. The Morgan fingerprint density at radius 1 is 1.38 bits per heavy atom. The van der Waals surface area contributed by atoms with E-state index >= 15 is 0 Å². The van der Waals surface area contributed by atoms with Crippen LogP contribution in [-0.4, -0.2) is 26.8 Å². The maximum Gasteiger partial charge on any atom is 0.146 e. The third kappa shape index (κ3) is 3.17. The number of rotatable bonds is 5. The summed E-state index contributed by atoms with van der Waals surface area (Å²) in [6, 6.07) is 5.78. The average molecular weight is 347 g/mol. The molecule has 2 aliphatic rings. The van der Waals surface area contributed by atoms with Crippen LogP contribution in [0, 0.1) is 5.92 Å². The number of benzene rings is 1. The molecule has 3 N–H and O–H groups in total. The van der Waals surface area contributed by atoms with Gasteiger partial charge in [-0.2, -0.15) is 0 Å². The first kappa shape index (κ1) is 16.9. The highest BCUT2D eigenvalue weighted by molar-refractivity contribution is 6.32. The number of fused-ring (bicyclic) bond motifs is 1. The fourth-order valence-electron chi connectivity index (χ4n) is 3.29. The van der Waals surface area contributed by atoms with Gasteiger partial charge < -0.3 is 20.5 Å². The third-order valence-electron chi connectivity index (χ3n) is 4.42. The van der Waals surface area contributed by atoms with E-state index in [4.69, 9.17) is 26.8 Å². The van der Waals surface area contributed by atoms with Crippen molar-refractivity contribution >= 4 is 17.3 Å². The van der Waals surface area contributed by atoms with Crippen molar-refractivity contribution < 1.29 is 9.47 Å². The number of methoxy groups -OCH3 is 1. The predicted molar refractivity (Wildman–Crippen MR) is 97.9 cm³/mol. The van der Waals surface area contributed by atoms with Crippen LogP contribution in [0.1, 0.15) is 18.9 Å². The Balaban J connectivity index is 2.10. The van der Waals surface area contributed by atoms with Gasteiger partial charge in [-0.05, 0) is 37.1 Å². The Labute approximate surface area is 148 Å². The summed E-state index contributed by atoms with van der Waals surface area (Å²) in [4.78, 5) is 0. The molecule has 1 heterocycles. The van der Waals surface area contributed by atoms with Crippen LogP contribution in [0.15, 0.2) is 47.3 Å². The molecule has 1 aliphatic carbocycles. The van der Waals surface area contributed by atoms with Crippen LogP contribution >= 0.6 is 11.6 Å². The molecule has 1 aromatic rings. The zero-order valence-corrected chi connectivity index (χ0v) is 14.8. The Hall–Kier alpha value is -1.91. The first-order valence-corrected chi connectivity index (χ1v) is 8.56. The molecule has 0 radical (unpaired) electrons. The van der Waals surface area contributed by atoms with Crippen molar-refractivity contribution in [2.75, 3.05) is 26.8 Å². The van der Waals surface area contributed by atoms with E-state index in [0.717, 1.165) is 30.0 Å². The SMILES string of the molecule is COc1ccc(C2=C(OCCN)C3=C(C)C=CCC3CN2)cc1Cl. The molecule has 5 heteroatoms. The normalized spacial score (nSPS) is 19.9. The zero-order valence-electron chi connectivity index (χ0n) is 14.1. The third-order valence-corrected chi connectivity index (χ3v) is 4.72. The van der Waals surface area contributed by atoms with Gasteiger partial charge in [-0.1, -0.05) is 23.8 Å². The fraction of sp³-hybridized carbons (Fsp3) is 0.368. The lowest BCUT2D eigenvalue weighted by Gasteiger charge is -2.33. The Morgan fingerprint density at radius 3 is 2.92 bits per heavy atom. The molecule has 4 nitrogen and oxygen atoms in total. The lowest BCUT2D eigenvalue weighted by atomic mass is 9.82. The van der Waals surface area contributed by atoms with Crippen molar-refractivity contribution in [2.45, 2.75) is 13.3 Å². The largest absolute Gasteiger partial charge is 0.495 e. The molecule has 0 saturated heterocycles. The number of ether oxygens (including phenoxy) is 2. The van der Waals surface area contributed by atoms with E-state index < -0.39 is 0 Å². The summed E-state index contributed by atoms with van der Waals surface area (Å²) in [6.45, 7) is 3.98. The van der Waals surface area contributed by atoms with E-state index in [2.05, 4.69) is 24.4 Å². The van der Waals surface area contributed by atoms with E-state index in [9.17, 15) is 0 Å². The van der Waals surface area contributed by atoms with Crippen LogP contribution < -0.4 is 15.8 Å². The molecule has 0 amide bonds. The predicted octanol–water partition coefficient (Wildman–Crippen LogP) is 3.49. The summed E-state index contributed by atoms with van der Waals surface area (Å²) < 4.78 is 11.3. The Kier molecular flexibility index (Phi) is 5.17. The lowest BCUT2D eigenvalue weighted by molar-refractivity contribution is 0.218. The second-order valence-corrected chi connectivity index (χ2v) is 6.41. The molecular weight excluding hydrogens is 324 g/mol. The highest BCUT2D eigenvalue weighted by Crippen LogP contribution is 2.39. The van der Waals surface area contributed by atoms with Gasteiger partial charge in [0.05, 0.1) is 17.8 Å². The zero-order chi connectivity index (χ0) is 17.1. The van der Waals surface area contributed by atoms with Gasteiger partial charge in [0.2, 0.25) is 0 Å². The fourth-order valence-corrected chi connectivity index (χ4v) is 3.55. The van der Waals surface area contributed by atoms with Gasteiger partial charge in [0.1, 0.15) is 18.1 Å². The van der Waals surface area contributed by atoms with Gasteiger partial charge in [-0.25, -0.2) is 0 Å². The van der Waals surface area contributed by atoms with E-state index in [1.54, 1.807) is 7.11 Å². The standard InChI is InChI=1S/C19H23ClN2O2/c1-12-4-3-5-14-11-22-18(19(17(12)14)24-9-8-21)13-6-7-16(23-2)15(20)10-13/h3-4,6-7,10,14,22H,5,8-9,11,21H2,1-2H3. The van der Waals surface area contributed by atoms with E-state index in [-0.39, 0.29) is 0 Å². The second-order valence-electron chi connectivity index (χ2n) is 6.00. The topological polar surface area (TPSA) is 56.5 Å². The summed E-state index contributed by atoms with van der Waals surface area (Å²) in [7, 11) is 1.61. The summed E-state index contributed by atoms with van der Waals surface area (Å²) in [5.41, 5.74) is 10.1. The summed E-state index contributed by atoms with van der Waals surface area (Å²) in [5, 5.41) is 4.11. The van der Waals surface area contributed by atoms with Crippen molar-refractivity contribution in [3.05, 3.63) is 57.8 Å². The first-order valence-electron chi connectivity index (χ1n) is 8.18. The van der Waals surface area contributed by atoms with Crippen molar-refractivity contribution in [1.82, 2.24) is 5.32 Å². The van der Waals surface area contributed by atoms with Crippen molar-refractivity contribution in [3.63, 3.8) is 0 Å². The molecule has 1 aromatic carbocycles. The van der Waals surface area contributed by atoms with Crippen LogP contribution in [0.3, 0.4) is 0 Å². The second kappa shape index (κ2) is 7.32. The first-order chi connectivity index (χ1) is 11.7. The molecule has 0 saturated carbocycles. The molecule has 1 aliphatic heterocycles. The van der Waals surface area contributed by atoms with Crippen molar-refractivity contribution in [3.8, 4) is 5.75 Å². The highest BCUT2D eigenvalue weighted by atomic mass is 35.5. The quantitative estimate of drug-likeness (QED) is 0.857. The molecule has 1 unspecified atom stereocenters. The van der Waals surface area contributed by atoms with Crippen molar-refractivity contribution in [2.24, 2.45) is 11.7 Å². The minimum atomic E-state index is 0.431. The maximum absolute atomic E-state index is 6.31. The van der Waals surface area contributed by atoms with Crippen LogP contribution in [0.25, 0.3) is 5.70 Å². The van der Waals surface area contributed by atoms with Gasteiger partial charge in [0.25, 0.3) is 0 Å². The van der Waals surface area contributed by atoms with Gasteiger partial charge in [-0.3, -0.25) is 0 Å². The van der Waals surface area contributed by atoms with E-state index in [0.29, 0.717) is 29.8 Å². The minimum absolute atomic E-state index is 0.431. The van der Waals surface area contributed by atoms with Crippen LogP contribution in [0.2, 0.25) is 5.02 Å². The van der Waals surface area contributed by atoms with Crippen LogP contribution in [0.4, 0.5) is 0 Å². The van der Waals surface area contributed by atoms with Gasteiger partial charge in [0, 0.05) is 30.1 Å². The molecule has 0 bridgehead atoms. The van der Waals surface area contributed by atoms with E-state index in [1.807, 2.05) is 18.2 Å². The molecule has 0 fully saturated rings. The highest BCUT2D eigenvalue weighted by Gasteiger charge is 2.30. The lowest BCUT2D eigenvalue weighted by Crippen LogP contribution is -2.33. The molecular formula is C19H23ClN2O2. The monoisotopic (exact) mass is 346 g/mol. The number of allylic oxidation sites excluding steroid dienone is 4. The van der Waals surface area contributed by atoms with E-state index in [1.165, 1.54) is 11.1 Å². The Bertz CT molecular complexity index is 722. The number of nitrogens with one attached hydrogen (secondary N) is 1. The van der Waals surface area contributed by atoms with Gasteiger partial charge in [0.15, 0.2) is 0 Å². The minimum Gasteiger partial charge on any atom is -0.495 e. The molecule has 24 heavy (non-hydrogen) atoms. The molecule has 0 aromatic heterocycles. The molecule has 3 rings (SSSR count). The van der Waals surface area contributed by atoms with Gasteiger partial charge >= 0.3 is 0 Å². The summed E-state index contributed by atoms with van der Waals surface area (Å²) >= 11 is 6.31. The molecule has 1 atom stereocenters. The van der Waals surface area contributed by atoms with Crippen molar-refractivity contribution in [1.29, 1.82) is 0 Å². The summed E-state index contributed by atoms with van der Waals surface area (Å²) in [6.07, 6.45) is 5.41. The number of hydrogen-bond donors (Lipinski definition) is 2. The number of halogens is 1. The summed E-state index contributed by atoms with van der Waals surface area (Å²) in [5.74, 6) is 1.98. The number of nitrogens with two attached hydrogens (primary N) is 1. The average Bonchev–Trinajstić information content (AvgIpc) is 2.59. The van der Waals surface area contributed by atoms with Crippen LogP contribution in [0.5, 0.6) is 5.75 Å². The van der Waals surface area contributed by atoms with Gasteiger partial charge in [-0.15, -0.1) is 0 Å². The number of hydrogen-bond acceptors (Lipinski definition) is 4. The molecule has 128 valence electrons. The maximum atomic E-state index is 6.31. The Morgan fingerprint density at radius 2 is 2.21 bits per heavy atom.